The van der Waals surface area contributed by atoms with E-state index in [0.29, 0.717) is 12.3 Å². The zero-order chi connectivity index (χ0) is 10.4. The fourth-order valence-corrected chi connectivity index (χ4v) is 1.15. The van der Waals surface area contributed by atoms with Gasteiger partial charge in [0.15, 0.2) is 0 Å². The van der Waals surface area contributed by atoms with E-state index in [9.17, 15) is 0 Å². The summed E-state index contributed by atoms with van der Waals surface area (Å²) in [6, 6.07) is 10.2. The maximum Gasteiger partial charge on any atom is 0.0669 e. The zero-order valence-electron chi connectivity index (χ0n) is 8.75. The van der Waals surface area contributed by atoms with E-state index in [1.165, 1.54) is 0 Å². The lowest BCUT2D eigenvalue weighted by atomic mass is 10.1. The number of benzene rings is 1. The molecule has 2 heteroatoms. The quantitative estimate of drug-likeness (QED) is 0.788. The van der Waals surface area contributed by atoms with Crippen LogP contribution in [0.3, 0.4) is 0 Å². The van der Waals surface area contributed by atoms with Gasteiger partial charge in [0.2, 0.25) is 0 Å². The van der Waals surface area contributed by atoms with E-state index in [-0.39, 0.29) is 0 Å². The first kappa shape index (κ1) is 10.6. The summed E-state index contributed by atoms with van der Waals surface area (Å²) in [6.07, 6.45) is 0.491. The molecule has 0 aromatic heterocycles. The monoisotopic (exact) mass is 188 g/mol. The van der Waals surface area contributed by atoms with Gasteiger partial charge in [-0.3, -0.25) is 0 Å². The third-order valence-electron chi connectivity index (χ3n) is 1.95. The van der Waals surface area contributed by atoms with Gasteiger partial charge in [0.05, 0.1) is 12.5 Å². The van der Waals surface area contributed by atoms with Crippen LogP contribution < -0.4 is 5.32 Å². The molecule has 74 valence electrons. The van der Waals surface area contributed by atoms with Gasteiger partial charge in [-0.25, -0.2) is 0 Å². The molecule has 0 bridgehead atoms. The lowest BCUT2D eigenvalue weighted by Crippen LogP contribution is -2.07. The first-order valence-corrected chi connectivity index (χ1v) is 4.92. The zero-order valence-corrected chi connectivity index (χ0v) is 8.75. The number of nitrogens with zero attached hydrogens (tertiary/aromatic N) is 1. The van der Waals surface area contributed by atoms with Crippen LogP contribution in [0, 0.1) is 17.2 Å². The van der Waals surface area contributed by atoms with Crippen molar-refractivity contribution in [2.75, 3.05) is 11.9 Å². The van der Waals surface area contributed by atoms with Crippen LogP contribution in [0.4, 0.5) is 5.69 Å². The van der Waals surface area contributed by atoms with Gasteiger partial charge in [0.1, 0.15) is 0 Å². The summed E-state index contributed by atoms with van der Waals surface area (Å²) in [4.78, 5) is 0. The van der Waals surface area contributed by atoms with Gasteiger partial charge in [-0.1, -0.05) is 26.0 Å². The van der Waals surface area contributed by atoms with Crippen molar-refractivity contribution in [1.29, 1.82) is 5.26 Å². The second-order valence-corrected chi connectivity index (χ2v) is 3.81. The first-order chi connectivity index (χ1) is 6.72. The Hall–Kier alpha value is -1.49. The Morgan fingerprint density at radius 2 is 1.93 bits per heavy atom. The van der Waals surface area contributed by atoms with Gasteiger partial charge < -0.3 is 5.32 Å². The Labute approximate surface area is 85.6 Å². The average molecular weight is 188 g/mol. The van der Waals surface area contributed by atoms with E-state index < -0.39 is 0 Å². The van der Waals surface area contributed by atoms with Gasteiger partial charge in [-0.2, -0.15) is 5.26 Å². The number of hydrogen-bond acceptors (Lipinski definition) is 2. The molecule has 1 aromatic carbocycles. The highest BCUT2D eigenvalue weighted by atomic mass is 14.9. The van der Waals surface area contributed by atoms with Crippen molar-refractivity contribution >= 4 is 5.69 Å². The van der Waals surface area contributed by atoms with Gasteiger partial charge in [-0.05, 0) is 23.6 Å². The number of rotatable bonds is 4. The minimum Gasteiger partial charge on any atom is -0.385 e. The fraction of sp³-hybridized carbons (Fsp3) is 0.417. The molecule has 0 aliphatic rings. The van der Waals surface area contributed by atoms with Crippen molar-refractivity contribution in [3.63, 3.8) is 0 Å². The van der Waals surface area contributed by atoms with Gasteiger partial charge in [0, 0.05) is 12.2 Å². The van der Waals surface area contributed by atoms with Crippen LogP contribution in [0.25, 0.3) is 0 Å². The highest BCUT2D eigenvalue weighted by Gasteiger charge is 1.95. The smallest absolute Gasteiger partial charge is 0.0669 e. The SMILES string of the molecule is CC(C)CNc1ccc(CC#N)cc1. The molecule has 0 spiro atoms. The molecule has 0 aliphatic carbocycles. The maximum atomic E-state index is 8.50. The van der Waals surface area contributed by atoms with Gasteiger partial charge in [0.25, 0.3) is 0 Å². The lowest BCUT2D eigenvalue weighted by molar-refractivity contribution is 0.689. The summed E-state index contributed by atoms with van der Waals surface area (Å²) in [7, 11) is 0. The van der Waals surface area contributed by atoms with Crippen molar-refractivity contribution in [2.45, 2.75) is 20.3 Å². The molecule has 0 aliphatic heterocycles. The molecule has 0 saturated carbocycles. The topological polar surface area (TPSA) is 35.8 Å². The van der Waals surface area contributed by atoms with Crippen molar-refractivity contribution < 1.29 is 0 Å². The van der Waals surface area contributed by atoms with Crippen LogP contribution in [-0.2, 0) is 6.42 Å². The van der Waals surface area contributed by atoms with E-state index >= 15 is 0 Å². The molecule has 0 amide bonds. The Balaban J connectivity index is 2.52. The molecule has 0 saturated heterocycles. The number of anilines is 1. The highest BCUT2D eigenvalue weighted by Crippen LogP contribution is 2.10. The van der Waals surface area contributed by atoms with E-state index in [1.54, 1.807) is 0 Å². The van der Waals surface area contributed by atoms with E-state index in [2.05, 4.69) is 25.2 Å². The molecule has 1 rings (SSSR count). The lowest BCUT2D eigenvalue weighted by Gasteiger charge is -2.08. The molecule has 0 fully saturated rings. The normalized spacial score (nSPS) is 9.86. The minimum atomic E-state index is 0.491. The van der Waals surface area contributed by atoms with Crippen LogP contribution in [-0.4, -0.2) is 6.54 Å². The third-order valence-corrected chi connectivity index (χ3v) is 1.95. The molecule has 0 radical (unpaired) electrons. The van der Waals surface area contributed by atoms with E-state index in [1.807, 2.05) is 24.3 Å². The Morgan fingerprint density at radius 1 is 1.29 bits per heavy atom. The second-order valence-electron chi connectivity index (χ2n) is 3.81. The fourth-order valence-electron chi connectivity index (χ4n) is 1.15. The van der Waals surface area contributed by atoms with Gasteiger partial charge >= 0.3 is 0 Å². The number of hydrogen-bond donors (Lipinski definition) is 1. The van der Waals surface area contributed by atoms with Crippen molar-refractivity contribution in [3.05, 3.63) is 29.8 Å². The van der Waals surface area contributed by atoms with Crippen molar-refractivity contribution in [3.8, 4) is 6.07 Å². The van der Waals surface area contributed by atoms with E-state index in [4.69, 9.17) is 5.26 Å². The predicted molar refractivity (Wildman–Crippen MR) is 59.1 cm³/mol. The van der Waals surface area contributed by atoms with E-state index in [0.717, 1.165) is 17.8 Å². The number of nitriles is 1. The maximum absolute atomic E-state index is 8.50. The molecule has 1 aromatic rings. The summed E-state index contributed by atoms with van der Waals surface area (Å²) in [5.74, 6) is 0.647. The molecule has 2 nitrogen and oxygen atoms in total. The molecule has 0 heterocycles. The van der Waals surface area contributed by atoms with Crippen LogP contribution in [0.2, 0.25) is 0 Å². The summed E-state index contributed by atoms with van der Waals surface area (Å²) in [5.41, 5.74) is 2.20. The van der Waals surface area contributed by atoms with Gasteiger partial charge in [-0.15, -0.1) is 0 Å². The summed E-state index contributed by atoms with van der Waals surface area (Å²) < 4.78 is 0. The van der Waals surface area contributed by atoms with Crippen LogP contribution in [0.15, 0.2) is 24.3 Å². The second kappa shape index (κ2) is 5.29. The molecule has 14 heavy (non-hydrogen) atoms. The number of nitrogens with one attached hydrogen (secondary N) is 1. The standard InChI is InChI=1S/C12H16N2/c1-10(2)9-14-12-5-3-11(4-6-12)7-8-13/h3-6,10,14H,7,9H2,1-2H3. The molecular formula is C12H16N2. The summed E-state index contributed by atoms with van der Waals surface area (Å²) in [5, 5.41) is 11.8. The molecular weight excluding hydrogens is 172 g/mol. The molecule has 0 unspecified atom stereocenters. The first-order valence-electron chi connectivity index (χ1n) is 4.92. The predicted octanol–water partition coefficient (Wildman–Crippen LogP) is 2.82. The van der Waals surface area contributed by atoms with Crippen molar-refractivity contribution in [2.24, 2.45) is 5.92 Å². The molecule has 1 N–H and O–H groups in total. The van der Waals surface area contributed by atoms with Crippen molar-refractivity contribution in [1.82, 2.24) is 0 Å². The minimum absolute atomic E-state index is 0.491. The summed E-state index contributed by atoms with van der Waals surface area (Å²) >= 11 is 0. The Morgan fingerprint density at radius 3 is 2.43 bits per heavy atom. The molecule has 0 atom stereocenters. The highest BCUT2D eigenvalue weighted by molar-refractivity contribution is 5.44. The summed E-state index contributed by atoms with van der Waals surface area (Å²) in [6.45, 7) is 5.34. The van der Waals surface area contributed by atoms with Crippen LogP contribution >= 0.6 is 0 Å². The Kier molecular flexibility index (Phi) is 4.00. The average Bonchev–Trinajstić information content (AvgIpc) is 2.17. The largest absolute Gasteiger partial charge is 0.385 e. The Bertz CT molecular complexity index is 306. The van der Waals surface area contributed by atoms with Crippen LogP contribution in [0.1, 0.15) is 19.4 Å². The van der Waals surface area contributed by atoms with Crippen LogP contribution in [0.5, 0.6) is 0 Å². The third kappa shape index (κ3) is 3.49.